The maximum atomic E-state index is 13.3. The number of amides is 3. The minimum Gasteiger partial charge on any atom is -0.348 e. The van der Waals surface area contributed by atoms with Crippen LogP contribution in [-0.2, 0) is 56.7 Å². The van der Waals surface area contributed by atoms with Crippen LogP contribution in [0.25, 0.3) is 0 Å². The summed E-state index contributed by atoms with van der Waals surface area (Å²) in [6.45, 7) is -3.21. The average Bonchev–Trinajstić information content (AvgIpc) is 3.12. The van der Waals surface area contributed by atoms with E-state index in [-0.39, 0.29) is 54.6 Å². The molecule has 0 aliphatic rings. The fourth-order valence-electron chi connectivity index (χ4n) is 5.24. The molecule has 0 aliphatic carbocycles. The zero-order chi connectivity index (χ0) is 45.4. The normalized spacial score (nSPS) is 12.9. The number of nitrogens with one attached hydrogen (secondary N) is 3. The van der Waals surface area contributed by atoms with E-state index in [0.717, 1.165) is 0 Å². The van der Waals surface area contributed by atoms with Gasteiger partial charge < -0.3 is 16.0 Å². The fourth-order valence-corrected chi connectivity index (χ4v) is 5.24. The second-order valence-corrected chi connectivity index (χ2v) is 12.6. The Balaban J connectivity index is 1.70. The minimum absolute atomic E-state index is 0.217. The number of alkyl halides is 18. The summed E-state index contributed by atoms with van der Waals surface area (Å²) in [6, 6.07) is 2.66. The van der Waals surface area contributed by atoms with Crippen LogP contribution in [0.15, 0.2) is 72.8 Å². The molecule has 0 fully saturated rings. The number of hydrogen-bond acceptors (Lipinski definition) is 3. The van der Waals surface area contributed by atoms with Gasteiger partial charge in [0.05, 0.1) is 33.4 Å². The van der Waals surface area contributed by atoms with Crippen LogP contribution in [0.3, 0.4) is 0 Å². The molecular weight excluding hydrogens is 864 g/mol. The van der Waals surface area contributed by atoms with Gasteiger partial charge in [0.25, 0.3) is 17.7 Å². The first-order valence-electron chi connectivity index (χ1n) is 16.1. The van der Waals surface area contributed by atoms with E-state index in [0.29, 0.717) is 18.2 Å². The van der Waals surface area contributed by atoms with Crippen molar-refractivity contribution in [3.05, 3.63) is 140 Å². The molecule has 0 aliphatic heterocycles. The second-order valence-electron chi connectivity index (χ2n) is 12.6. The van der Waals surface area contributed by atoms with E-state index in [1.54, 1.807) is 0 Å². The van der Waals surface area contributed by atoms with Crippen molar-refractivity contribution in [3.63, 3.8) is 0 Å². The molecule has 0 saturated heterocycles. The van der Waals surface area contributed by atoms with Crippen molar-refractivity contribution < 1.29 is 93.4 Å². The predicted molar refractivity (Wildman–Crippen MR) is 169 cm³/mol. The van der Waals surface area contributed by atoms with Gasteiger partial charge in [0.1, 0.15) is 0 Å². The van der Waals surface area contributed by atoms with Crippen LogP contribution in [-0.4, -0.2) is 17.7 Å². The van der Waals surface area contributed by atoms with Crippen molar-refractivity contribution in [1.29, 1.82) is 0 Å². The van der Waals surface area contributed by atoms with Gasteiger partial charge in [-0.2, -0.15) is 79.0 Å². The van der Waals surface area contributed by atoms with E-state index in [1.165, 1.54) is 0 Å². The van der Waals surface area contributed by atoms with Gasteiger partial charge in [-0.3, -0.25) is 14.4 Å². The quantitative estimate of drug-likeness (QED) is 0.146. The highest BCUT2D eigenvalue weighted by Gasteiger charge is 2.39. The first-order valence-corrected chi connectivity index (χ1v) is 16.1. The van der Waals surface area contributed by atoms with Crippen molar-refractivity contribution in [2.45, 2.75) is 56.7 Å². The number of rotatable bonds is 9. The molecule has 60 heavy (non-hydrogen) atoms. The third-order valence-electron chi connectivity index (χ3n) is 8.02. The van der Waals surface area contributed by atoms with Crippen molar-refractivity contribution in [2.24, 2.45) is 0 Å². The van der Waals surface area contributed by atoms with E-state index in [2.05, 4.69) is 0 Å². The average molecular weight is 886 g/mol. The molecule has 0 saturated carbocycles. The van der Waals surface area contributed by atoms with Crippen LogP contribution in [0.4, 0.5) is 79.0 Å². The first kappa shape index (κ1) is 46.7. The molecule has 6 nitrogen and oxygen atoms in total. The summed E-state index contributed by atoms with van der Waals surface area (Å²) >= 11 is 0. The van der Waals surface area contributed by atoms with Gasteiger partial charge in [-0.05, 0) is 89.5 Å². The Morgan fingerprint density at radius 2 is 0.467 bits per heavy atom. The Hall–Kier alpha value is -5.97. The molecule has 0 heterocycles. The summed E-state index contributed by atoms with van der Waals surface area (Å²) in [5.74, 6) is -4.28. The van der Waals surface area contributed by atoms with Crippen LogP contribution >= 0.6 is 0 Å². The molecule has 0 bridgehead atoms. The Labute approximate surface area is 323 Å². The van der Waals surface area contributed by atoms with Crippen LogP contribution in [0.2, 0.25) is 0 Å². The Kier molecular flexibility index (Phi) is 12.9. The predicted octanol–water partition coefficient (Wildman–Crippen LogP) is 10.6. The molecular formula is C36H21F18N3O3. The summed E-state index contributed by atoms with van der Waals surface area (Å²) in [7, 11) is 0. The van der Waals surface area contributed by atoms with Crippen LogP contribution in [0.5, 0.6) is 0 Å². The third kappa shape index (κ3) is 12.3. The van der Waals surface area contributed by atoms with Crippen molar-refractivity contribution in [3.8, 4) is 0 Å². The van der Waals surface area contributed by atoms with Gasteiger partial charge in [-0.25, -0.2) is 0 Å². The number of benzene rings is 4. The van der Waals surface area contributed by atoms with E-state index < -0.39 is 141 Å². The molecule has 0 atom stereocenters. The summed E-state index contributed by atoms with van der Waals surface area (Å²) in [4.78, 5) is 39.5. The van der Waals surface area contributed by atoms with E-state index >= 15 is 0 Å². The molecule has 0 spiro atoms. The van der Waals surface area contributed by atoms with Crippen molar-refractivity contribution in [1.82, 2.24) is 16.0 Å². The Bertz CT molecular complexity index is 1910. The van der Waals surface area contributed by atoms with Crippen molar-refractivity contribution >= 4 is 17.7 Å². The zero-order valence-corrected chi connectivity index (χ0v) is 29.1. The lowest BCUT2D eigenvalue weighted by atomic mass is 10.0. The maximum Gasteiger partial charge on any atom is 0.416 e. The smallest absolute Gasteiger partial charge is 0.348 e. The highest BCUT2D eigenvalue weighted by molar-refractivity contribution is 6.04. The largest absolute Gasteiger partial charge is 0.416 e. The summed E-state index contributed by atoms with van der Waals surface area (Å²) in [6.07, 6.45) is -31.8. The monoisotopic (exact) mass is 885 g/mol. The van der Waals surface area contributed by atoms with E-state index in [9.17, 15) is 93.4 Å². The maximum absolute atomic E-state index is 13.3. The highest BCUT2D eigenvalue weighted by atomic mass is 19.4. The molecule has 4 aromatic carbocycles. The molecule has 24 heteroatoms. The molecule has 324 valence electrons. The molecule has 0 unspecified atom stereocenters. The number of carbonyl (C=O) groups is 3. The summed E-state index contributed by atoms with van der Waals surface area (Å²) in [5, 5.41) is 5.82. The van der Waals surface area contributed by atoms with Crippen LogP contribution in [0.1, 0.15) is 81.1 Å². The van der Waals surface area contributed by atoms with Gasteiger partial charge in [0, 0.05) is 36.3 Å². The molecule has 3 N–H and O–H groups in total. The molecule has 0 aromatic heterocycles. The van der Waals surface area contributed by atoms with Gasteiger partial charge in [0.2, 0.25) is 0 Å². The third-order valence-corrected chi connectivity index (χ3v) is 8.02. The number of halogens is 18. The minimum atomic E-state index is -5.30. The summed E-state index contributed by atoms with van der Waals surface area (Å²) in [5.41, 5.74) is -15.3. The lowest BCUT2D eigenvalue weighted by molar-refractivity contribution is -0.144. The Morgan fingerprint density at radius 1 is 0.300 bits per heavy atom. The number of hydrogen-bond donors (Lipinski definition) is 3. The summed E-state index contributed by atoms with van der Waals surface area (Å²) < 4.78 is 240. The Morgan fingerprint density at radius 3 is 0.617 bits per heavy atom. The second kappa shape index (κ2) is 16.6. The lowest BCUT2D eigenvalue weighted by Crippen LogP contribution is -2.28. The standard InChI is InChI=1S/C36H21F18N3O3/c37-31(38,39)22-1-16(2-23(10-22)32(40,41)42)13-55-28(58)19-7-20(29(59)56-14-17-3-24(33(43,44)45)11-25(4-17)34(46,47)48)9-21(8-19)30(60)57-15-18-5-26(35(49,50)51)12-27(6-18)36(52,53)54/h1-12H,13-15H2,(H,55,58)(H,56,59)(H,57,60). The van der Waals surface area contributed by atoms with Gasteiger partial charge >= 0.3 is 37.1 Å². The van der Waals surface area contributed by atoms with E-state index in [1.807, 2.05) is 16.0 Å². The molecule has 3 amide bonds. The highest BCUT2D eigenvalue weighted by Crippen LogP contribution is 2.39. The zero-order valence-electron chi connectivity index (χ0n) is 29.1. The SMILES string of the molecule is O=C(NCc1cc(C(F)(F)F)cc(C(F)(F)F)c1)c1cc(C(=O)NCc2cc(C(F)(F)F)cc(C(F)(F)F)c2)cc(C(=O)NCc2cc(C(F)(F)F)cc(C(F)(F)F)c2)c1. The lowest BCUT2D eigenvalue weighted by Gasteiger charge is -2.16. The molecule has 4 aromatic rings. The van der Waals surface area contributed by atoms with Crippen LogP contribution in [0, 0.1) is 0 Å². The fraction of sp³-hybridized carbons (Fsp3) is 0.250. The van der Waals surface area contributed by atoms with Crippen molar-refractivity contribution in [2.75, 3.05) is 0 Å². The molecule has 0 radical (unpaired) electrons. The van der Waals surface area contributed by atoms with Gasteiger partial charge in [-0.15, -0.1) is 0 Å². The number of carbonyl (C=O) groups excluding carboxylic acids is 3. The first-order chi connectivity index (χ1) is 27.2. The molecule has 4 rings (SSSR count). The van der Waals surface area contributed by atoms with E-state index in [4.69, 9.17) is 0 Å². The topological polar surface area (TPSA) is 87.3 Å². The van der Waals surface area contributed by atoms with Gasteiger partial charge in [-0.1, -0.05) is 0 Å². The van der Waals surface area contributed by atoms with Gasteiger partial charge in [0.15, 0.2) is 0 Å². The van der Waals surface area contributed by atoms with Crippen LogP contribution < -0.4 is 16.0 Å².